The van der Waals surface area contributed by atoms with Gasteiger partial charge < -0.3 is 5.32 Å². The zero-order chi connectivity index (χ0) is 12.0. The molecule has 0 aliphatic rings. The van der Waals surface area contributed by atoms with E-state index in [1.165, 1.54) is 6.92 Å². The van der Waals surface area contributed by atoms with Crippen LogP contribution in [0, 0.1) is 12.3 Å². The monoisotopic (exact) mass is 236 g/mol. The van der Waals surface area contributed by atoms with Crippen LogP contribution >= 0.6 is 11.3 Å². The molecule has 1 atom stereocenters. The molecule has 1 aromatic heterocycles. The Morgan fingerprint density at radius 3 is 3.00 bits per heavy atom. The molecule has 0 radical (unpaired) electrons. The van der Waals surface area contributed by atoms with E-state index in [9.17, 15) is 4.79 Å². The van der Waals surface area contributed by atoms with E-state index in [0.717, 1.165) is 17.0 Å². The average Bonchev–Trinajstić information content (AvgIpc) is 2.66. The van der Waals surface area contributed by atoms with E-state index in [1.807, 2.05) is 18.4 Å². The Kier molecular flexibility index (Phi) is 5.03. The second-order valence-corrected chi connectivity index (χ2v) is 4.45. The van der Waals surface area contributed by atoms with Gasteiger partial charge in [-0.2, -0.15) is 0 Å². The van der Waals surface area contributed by atoms with Crippen molar-refractivity contribution in [2.75, 3.05) is 5.32 Å². The minimum absolute atomic E-state index is 0.0522. The van der Waals surface area contributed by atoms with Crippen molar-refractivity contribution in [3.63, 3.8) is 0 Å². The molecule has 0 spiro atoms. The van der Waals surface area contributed by atoms with Crippen LogP contribution in [0.2, 0.25) is 0 Å². The lowest BCUT2D eigenvalue weighted by molar-refractivity contribution is -0.114. The molecule has 2 N–H and O–H groups in total. The smallest absolute Gasteiger partial charge is 0.221 e. The minimum atomic E-state index is -0.0522. The Bertz CT molecular complexity index is 392. The van der Waals surface area contributed by atoms with Gasteiger partial charge in [-0.25, -0.2) is 0 Å². The highest BCUT2D eigenvalue weighted by molar-refractivity contribution is 7.10. The Balaban J connectivity index is 2.57. The van der Waals surface area contributed by atoms with Crippen LogP contribution in [-0.2, 0) is 11.3 Å². The zero-order valence-corrected chi connectivity index (χ0v) is 10.4. The summed E-state index contributed by atoms with van der Waals surface area (Å²) < 4.78 is 0. The summed E-state index contributed by atoms with van der Waals surface area (Å²) in [6.07, 6.45) is 6.26. The number of carbonyl (C=O) groups is 1. The van der Waals surface area contributed by atoms with Gasteiger partial charge >= 0.3 is 0 Å². The molecule has 0 saturated heterocycles. The molecular weight excluding hydrogens is 220 g/mol. The maximum atomic E-state index is 11.0. The first-order valence-electron chi connectivity index (χ1n) is 5.20. The van der Waals surface area contributed by atoms with Crippen LogP contribution in [0.5, 0.6) is 0 Å². The lowest BCUT2D eigenvalue weighted by atomic mass is 10.2. The van der Waals surface area contributed by atoms with Crippen molar-refractivity contribution in [1.82, 2.24) is 5.32 Å². The topological polar surface area (TPSA) is 41.1 Å². The molecule has 86 valence electrons. The lowest BCUT2D eigenvalue weighted by Gasteiger charge is -2.10. The number of thiophene rings is 1. The number of hydrogen-bond acceptors (Lipinski definition) is 3. The summed E-state index contributed by atoms with van der Waals surface area (Å²) in [4.78, 5) is 12.1. The first-order valence-corrected chi connectivity index (χ1v) is 6.08. The molecule has 16 heavy (non-hydrogen) atoms. The van der Waals surface area contributed by atoms with Gasteiger partial charge in [0.2, 0.25) is 5.91 Å². The summed E-state index contributed by atoms with van der Waals surface area (Å²) in [5, 5.41) is 8.01. The molecule has 0 aliphatic heterocycles. The number of nitrogens with one attached hydrogen (secondary N) is 2. The van der Waals surface area contributed by atoms with E-state index in [2.05, 4.69) is 16.6 Å². The van der Waals surface area contributed by atoms with E-state index in [0.29, 0.717) is 6.54 Å². The number of hydrogen-bond donors (Lipinski definition) is 2. The molecule has 0 aliphatic carbocycles. The maximum Gasteiger partial charge on any atom is 0.221 e. The van der Waals surface area contributed by atoms with Crippen LogP contribution in [0.1, 0.15) is 25.1 Å². The molecule has 1 unspecified atom stereocenters. The van der Waals surface area contributed by atoms with Crippen molar-refractivity contribution >= 4 is 22.9 Å². The molecule has 4 heteroatoms. The van der Waals surface area contributed by atoms with Gasteiger partial charge in [0.15, 0.2) is 0 Å². The fourth-order valence-corrected chi connectivity index (χ4v) is 2.10. The third kappa shape index (κ3) is 3.69. The second kappa shape index (κ2) is 6.31. The number of amides is 1. The van der Waals surface area contributed by atoms with Crippen molar-refractivity contribution < 1.29 is 4.79 Å². The molecule has 0 aromatic carbocycles. The third-order valence-corrected chi connectivity index (χ3v) is 3.10. The molecule has 0 bridgehead atoms. The standard InChI is InChI=1S/C12H16N2OS/c1-4-10(5-2)13-8-12-11(6-7-16-12)14-9(3)15/h1,6-7,10,13H,5,8H2,2-3H3,(H,14,15). The number of terminal acetylenes is 1. The molecule has 0 saturated carbocycles. The first kappa shape index (κ1) is 12.8. The molecule has 1 aromatic rings. The SMILES string of the molecule is C#CC(CC)NCc1sccc1NC(C)=O. The Labute approximate surface area is 100 Å². The molecule has 1 heterocycles. The van der Waals surface area contributed by atoms with Crippen molar-refractivity contribution in [1.29, 1.82) is 0 Å². The van der Waals surface area contributed by atoms with Crippen molar-refractivity contribution in [3.05, 3.63) is 16.3 Å². The van der Waals surface area contributed by atoms with Crippen molar-refractivity contribution in [2.24, 2.45) is 0 Å². The van der Waals surface area contributed by atoms with Gasteiger partial charge in [-0.1, -0.05) is 12.8 Å². The molecule has 1 rings (SSSR count). The van der Waals surface area contributed by atoms with E-state index in [1.54, 1.807) is 11.3 Å². The minimum Gasteiger partial charge on any atom is -0.325 e. The van der Waals surface area contributed by atoms with Gasteiger partial charge in [0, 0.05) is 18.3 Å². The Morgan fingerprint density at radius 1 is 1.69 bits per heavy atom. The Morgan fingerprint density at radius 2 is 2.44 bits per heavy atom. The average molecular weight is 236 g/mol. The van der Waals surface area contributed by atoms with Crippen molar-refractivity contribution in [3.8, 4) is 12.3 Å². The molecule has 0 fully saturated rings. The van der Waals surface area contributed by atoms with Crippen LogP contribution in [0.4, 0.5) is 5.69 Å². The molecular formula is C12H16N2OS. The van der Waals surface area contributed by atoms with E-state index in [4.69, 9.17) is 6.42 Å². The van der Waals surface area contributed by atoms with Crippen LogP contribution in [0.25, 0.3) is 0 Å². The number of rotatable bonds is 5. The number of carbonyl (C=O) groups excluding carboxylic acids is 1. The van der Waals surface area contributed by atoms with Crippen LogP contribution < -0.4 is 10.6 Å². The van der Waals surface area contributed by atoms with Crippen LogP contribution in [0.3, 0.4) is 0 Å². The van der Waals surface area contributed by atoms with Crippen LogP contribution in [-0.4, -0.2) is 11.9 Å². The summed E-state index contributed by atoms with van der Waals surface area (Å²) in [6.45, 7) is 4.24. The van der Waals surface area contributed by atoms with Gasteiger partial charge in [-0.05, 0) is 17.9 Å². The van der Waals surface area contributed by atoms with Crippen molar-refractivity contribution in [2.45, 2.75) is 32.9 Å². The molecule has 1 amide bonds. The van der Waals surface area contributed by atoms with Gasteiger partial charge in [0.25, 0.3) is 0 Å². The normalized spacial score (nSPS) is 11.8. The zero-order valence-electron chi connectivity index (χ0n) is 9.54. The highest BCUT2D eigenvalue weighted by Crippen LogP contribution is 2.22. The quantitative estimate of drug-likeness (QED) is 0.770. The second-order valence-electron chi connectivity index (χ2n) is 3.45. The summed E-state index contributed by atoms with van der Waals surface area (Å²) in [7, 11) is 0. The van der Waals surface area contributed by atoms with Gasteiger partial charge in [-0.3, -0.25) is 10.1 Å². The van der Waals surface area contributed by atoms with Gasteiger partial charge in [0.05, 0.1) is 11.7 Å². The lowest BCUT2D eigenvalue weighted by Crippen LogP contribution is -2.26. The summed E-state index contributed by atoms with van der Waals surface area (Å²) in [5.74, 6) is 2.63. The highest BCUT2D eigenvalue weighted by atomic mass is 32.1. The fourth-order valence-electron chi connectivity index (χ4n) is 1.32. The van der Waals surface area contributed by atoms with E-state index >= 15 is 0 Å². The fraction of sp³-hybridized carbons (Fsp3) is 0.417. The first-order chi connectivity index (χ1) is 7.67. The summed E-state index contributed by atoms with van der Waals surface area (Å²) >= 11 is 1.61. The predicted octanol–water partition coefficient (Wildman–Crippen LogP) is 2.21. The van der Waals surface area contributed by atoms with E-state index < -0.39 is 0 Å². The van der Waals surface area contributed by atoms with Gasteiger partial charge in [0.1, 0.15) is 0 Å². The predicted molar refractivity (Wildman–Crippen MR) is 68.4 cm³/mol. The largest absolute Gasteiger partial charge is 0.325 e. The highest BCUT2D eigenvalue weighted by Gasteiger charge is 2.07. The summed E-state index contributed by atoms with van der Waals surface area (Å²) in [5.41, 5.74) is 0.872. The number of anilines is 1. The third-order valence-electron chi connectivity index (χ3n) is 2.17. The van der Waals surface area contributed by atoms with E-state index in [-0.39, 0.29) is 11.9 Å². The van der Waals surface area contributed by atoms with Gasteiger partial charge in [-0.15, -0.1) is 17.8 Å². The van der Waals surface area contributed by atoms with Crippen LogP contribution in [0.15, 0.2) is 11.4 Å². The maximum absolute atomic E-state index is 11.0. The summed E-state index contributed by atoms with van der Waals surface area (Å²) in [6, 6.07) is 1.99. The Hall–Kier alpha value is -1.31. The molecule has 3 nitrogen and oxygen atoms in total.